The largest absolute Gasteiger partial charge is 0.488 e. The highest BCUT2D eigenvalue weighted by molar-refractivity contribution is 14.1. The van der Waals surface area contributed by atoms with Gasteiger partial charge in [-0.1, -0.05) is 49.7 Å². The second-order valence-electron chi connectivity index (χ2n) is 8.54. The summed E-state index contributed by atoms with van der Waals surface area (Å²) in [5.41, 5.74) is 3.09. The highest BCUT2D eigenvalue weighted by atomic mass is 127. The minimum atomic E-state index is -0.0511. The van der Waals surface area contributed by atoms with E-state index in [0.29, 0.717) is 39.7 Å². The predicted octanol–water partition coefficient (Wildman–Crippen LogP) is 7.66. The molecule has 5 nitrogen and oxygen atoms in total. The van der Waals surface area contributed by atoms with Crippen LogP contribution in [0.2, 0.25) is 5.02 Å². The van der Waals surface area contributed by atoms with Crippen molar-refractivity contribution in [1.29, 1.82) is 5.26 Å². The average Bonchev–Trinajstić information content (AvgIpc) is 3.13. The van der Waals surface area contributed by atoms with Crippen molar-refractivity contribution < 1.29 is 9.53 Å². The number of carbonyl (C=O) groups excluding carboxylic acids is 1. The van der Waals surface area contributed by atoms with Gasteiger partial charge in [0.1, 0.15) is 12.4 Å². The smallest absolute Gasteiger partial charge is 0.266 e. The number of carbonyl (C=O) groups is 1. The highest BCUT2D eigenvalue weighted by Gasteiger charge is 2.33. The molecule has 0 aliphatic carbocycles. The Hall–Kier alpha value is -2.80. The number of amides is 1. The van der Waals surface area contributed by atoms with E-state index in [9.17, 15) is 10.1 Å². The topological polar surface area (TPSA) is 65.7 Å². The van der Waals surface area contributed by atoms with Crippen LogP contribution in [0.25, 0.3) is 6.08 Å². The van der Waals surface area contributed by atoms with E-state index in [0.717, 1.165) is 26.1 Å². The maximum Gasteiger partial charge on any atom is 0.266 e. The Kier molecular flexibility index (Phi) is 8.72. The number of aliphatic imine (C=N–C) groups is 1. The third kappa shape index (κ3) is 6.49. The summed E-state index contributed by atoms with van der Waals surface area (Å²) < 4.78 is 6.89. The van der Waals surface area contributed by atoms with Crippen molar-refractivity contribution in [3.8, 4) is 11.8 Å². The Morgan fingerprint density at radius 3 is 2.61 bits per heavy atom. The van der Waals surface area contributed by atoms with Gasteiger partial charge in [-0.3, -0.25) is 9.69 Å². The summed E-state index contributed by atoms with van der Waals surface area (Å²) in [6.07, 6.45) is 1.89. The summed E-state index contributed by atoms with van der Waals surface area (Å²) in [4.78, 5) is 20.3. The number of benzene rings is 3. The lowest BCUT2D eigenvalue weighted by Gasteiger charge is -2.17. The summed E-state index contributed by atoms with van der Waals surface area (Å²) in [6, 6.07) is 22.6. The van der Waals surface area contributed by atoms with E-state index in [1.165, 1.54) is 11.8 Å². The zero-order chi connectivity index (χ0) is 25.7. The Bertz CT molecular complexity index is 1380. The Morgan fingerprint density at radius 2 is 1.92 bits per heavy atom. The molecule has 36 heavy (non-hydrogen) atoms. The normalized spacial score (nSPS) is 15.7. The van der Waals surface area contributed by atoms with Crippen molar-refractivity contribution in [1.82, 2.24) is 4.90 Å². The number of rotatable bonds is 7. The summed E-state index contributed by atoms with van der Waals surface area (Å²) >= 11 is 9.60. The molecule has 0 saturated carbocycles. The molecule has 8 heteroatoms. The average molecular weight is 628 g/mol. The third-order valence-corrected chi connectivity index (χ3v) is 7.36. The highest BCUT2D eigenvalue weighted by Crippen LogP contribution is 2.35. The van der Waals surface area contributed by atoms with Crippen LogP contribution in [0.4, 0.5) is 5.69 Å². The quantitative estimate of drug-likeness (QED) is 0.199. The lowest BCUT2D eigenvalue weighted by molar-refractivity contribution is -0.122. The van der Waals surface area contributed by atoms with Gasteiger partial charge in [-0.15, -0.1) is 0 Å². The molecule has 1 amide bonds. The molecule has 1 aliphatic heterocycles. The summed E-state index contributed by atoms with van der Waals surface area (Å²) in [5, 5.41) is 10.6. The van der Waals surface area contributed by atoms with E-state index in [1.54, 1.807) is 23.1 Å². The van der Waals surface area contributed by atoms with Crippen LogP contribution >= 0.6 is 46.0 Å². The lowest BCUT2D eigenvalue weighted by atomic mass is 10.1. The Labute approximate surface area is 234 Å². The molecule has 1 heterocycles. The van der Waals surface area contributed by atoms with Gasteiger partial charge in [-0.05, 0) is 94.4 Å². The van der Waals surface area contributed by atoms with Gasteiger partial charge in [-0.25, -0.2) is 4.99 Å². The van der Waals surface area contributed by atoms with Crippen LogP contribution in [0.15, 0.2) is 76.6 Å². The fourth-order valence-corrected chi connectivity index (χ4v) is 5.36. The molecule has 3 aromatic rings. The van der Waals surface area contributed by atoms with Gasteiger partial charge in [0.15, 0.2) is 5.17 Å². The Balaban J connectivity index is 1.54. The van der Waals surface area contributed by atoms with Gasteiger partial charge < -0.3 is 4.74 Å². The Morgan fingerprint density at radius 1 is 1.17 bits per heavy atom. The third-order valence-electron chi connectivity index (χ3n) is 5.26. The van der Waals surface area contributed by atoms with E-state index in [4.69, 9.17) is 21.3 Å². The van der Waals surface area contributed by atoms with Crippen LogP contribution in [-0.4, -0.2) is 22.5 Å². The first-order valence-corrected chi connectivity index (χ1v) is 13.6. The SMILES string of the molecule is CC(C)CN1C(=O)/C(=C/c2ccc(OCc3ccccc3C#N)c(I)c2)SC1=Nc1ccc(Cl)cc1. The van der Waals surface area contributed by atoms with Crippen LogP contribution in [0.3, 0.4) is 0 Å². The summed E-state index contributed by atoms with van der Waals surface area (Å²) in [5.74, 6) is 0.972. The van der Waals surface area contributed by atoms with Crippen LogP contribution in [0, 0.1) is 20.8 Å². The molecule has 0 unspecified atom stereocenters. The number of thioether (sulfide) groups is 1. The number of halogens is 2. The summed E-state index contributed by atoms with van der Waals surface area (Å²) in [7, 11) is 0. The number of hydrogen-bond acceptors (Lipinski definition) is 5. The zero-order valence-corrected chi connectivity index (χ0v) is 23.5. The monoisotopic (exact) mass is 627 g/mol. The molecule has 0 atom stereocenters. The maximum atomic E-state index is 13.3. The van der Waals surface area contributed by atoms with E-state index < -0.39 is 0 Å². The van der Waals surface area contributed by atoms with Crippen LogP contribution < -0.4 is 4.74 Å². The first kappa shape index (κ1) is 26.3. The number of amidine groups is 1. The van der Waals surface area contributed by atoms with E-state index in [2.05, 4.69) is 42.5 Å². The summed E-state index contributed by atoms with van der Waals surface area (Å²) in [6.45, 7) is 5.05. The van der Waals surface area contributed by atoms with E-state index in [-0.39, 0.29) is 5.91 Å². The molecule has 0 spiro atoms. The number of ether oxygens (including phenoxy) is 1. The van der Waals surface area contributed by atoms with Gasteiger partial charge in [0.2, 0.25) is 0 Å². The predicted molar refractivity (Wildman–Crippen MR) is 155 cm³/mol. The molecule has 0 radical (unpaired) electrons. The molecular weight excluding hydrogens is 605 g/mol. The molecule has 4 rings (SSSR count). The van der Waals surface area contributed by atoms with Crippen molar-refractivity contribution >= 4 is 68.8 Å². The van der Waals surface area contributed by atoms with Gasteiger partial charge in [0, 0.05) is 17.1 Å². The molecule has 1 fully saturated rings. The van der Waals surface area contributed by atoms with Crippen molar-refractivity contribution in [3.63, 3.8) is 0 Å². The minimum absolute atomic E-state index is 0.0511. The zero-order valence-electron chi connectivity index (χ0n) is 19.7. The van der Waals surface area contributed by atoms with Gasteiger partial charge in [0.05, 0.1) is 25.8 Å². The molecule has 1 aliphatic rings. The second-order valence-corrected chi connectivity index (χ2v) is 11.1. The molecule has 182 valence electrons. The van der Waals surface area contributed by atoms with Gasteiger partial charge in [-0.2, -0.15) is 5.26 Å². The fraction of sp³-hybridized carbons (Fsp3) is 0.179. The number of nitriles is 1. The standard InChI is InChI=1S/C28H23ClIN3O2S/c1-18(2)16-33-27(34)26(36-28(33)32-23-10-8-22(29)9-11-23)14-19-7-12-25(24(30)13-19)35-17-21-6-4-3-5-20(21)15-31/h3-14,18H,16-17H2,1-2H3/b26-14-,32-28?. The first-order chi connectivity index (χ1) is 17.3. The molecule has 0 aromatic heterocycles. The van der Waals surface area contributed by atoms with Crippen LogP contribution in [-0.2, 0) is 11.4 Å². The van der Waals surface area contributed by atoms with Crippen molar-refractivity contribution in [2.75, 3.05) is 6.54 Å². The van der Waals surface area contributed by atoms with Gasteiger partial charge in [0.25, 0.3) is 5.91 Å². The number of hydrogen-bond donors (Lipinski definition) is 0. The maximum absolute atomic E-state index is 13.3. The second kappa shape index (κ2) is 12.0. The van der Waals surface area contributed by atoms with Crippen LogP contribution in [0.1, 0.15) is 30.5 Å². The van der Waals surface area contributed by atoms with Crippen molar-refractivity contribution in [3.05, 3.63) is 96.9 Å². The number of nitrogens with zero attached hydrogens (tertiary/aromatic N) is 3. The van der Waals surface area contributed by atoms with Crippen molar-refractivity contribution in [2.24, 2.45) is 10.9 Å². The van der Waals surface area contributed by atoms with Crippen LogP contribution in [0.5, 0.6) is 5.75 Å². The minimum Gasteiger partial charge on any atom is -0.488 e. The van der Waals surface area contributed by atoms with E-state index >= 15 is 0 Å². The van der Waals surface area contributed by atoms with Gasteiger partial charge >= 0.3 is 0 Å². The van der Waals surface area contributed by atoms with Crippen molar-refractivity contribution in [2.45, 2.75) is 20.5 Å². The molecule has 3 aromatic carbocycles. The molecule has 1 saturated heterocycles. The first-order valence-electron chi connectivity index (χ1n) is 11.3. The van der Waals surface area contributed by atoms with E-state index in [1.807, 2.05) is 54.6 Å². The molecule has 0 bridgehead atoms. The fourth-order valence-electron chi connectivity index (χ4n) is 3.53. The molecule has 0 N–H and O–H groups in total. The molecular formula is C28H23ClIN3O2S. The lowest BCUT2D eigenvalue weighted by Crippen LogP contribution is -2.32.